The highest BCUT2D eigenvalue weighted by atomic mass is 16.5. The zero-order valence-electron chi connectivity index (χ0n) is 11.2. The lowest BCUT2D eigenvalue weighted by molar-refractivity contribution is 0.240. The predicted molar refractivity (Wildman–Crippen MR) is 69.2 cm³/mol. The largest absolute Gasteiger partial charge is 0.490 e. The average molecular weight is 232 g/mol. The minimum Gasteiger partial charge on any atom is -0.490 e. The Morgan fingerprint density at radius 2 is 2.00 bits per heavy atom. The van der Waals surface area contributed by atoms with Crippen molar-refractivity contribution >= 4 is 0 Å². The molecule has 17 heavy (non-hydrogen) atoms. The van der Waals surface area contributed by atoms with Crippen LogP contribution in [0.1, 0.15) is 23.6 Å². The number of nitrogens with zero attached hydrogens (tertiary/aromatic N) is 1. The van der Waals surface area contributed by atoms with Crippen LogP contribution >= 0.6 is 0 Å². The molecular weight excluding hydrogens is 212 g/mol. The van der Waals surface area contributed by atoms with Crippen LogP contribution in [-0.2, 0) is 0 Å². The van der Waals surface area contributed by atoms with Gasteiger partial charge in [-0.2, -0.15) is 5.26 Å². The number of benzene rings is 1. The molecule has 0 aliphatic heterocycles. The molecule has 0 fully saturated rings. The molecule has 0 saturated heterocycles. The zero-order valence-corrected chi connectivity index (χ0v) is 11.2. The summed E-state index contributed by atoms with van der Waals surface area (Å²) >= 11 is 0. The van der Waals surface area contributed by atoms with Crippen molar-refractivity contribution in [3.63, 3.8) is 0 Å². The molecule has 0 amide bonds. The third kappa shape index (κ3) is 3.21. The van der Waals surface area contributed by atoms with Crippen molar-refractivity contribution in [2.75, 3.05) is 13.7 Å². The van der Waals surface area contributed by atoms with Crippen molar-refractivity contribution in [2.24, 2.45) is 0 Å². The number of aryl methyl sites for hydroxylation is 2. The van der Waals surface area contributed by atoms with Gasteiger partial charge in [0.05, 0.1) is 6.07 Å². The zero-order chi connectivity index (χ0) is 13.1. The standard InChI is InChI=1S/C14H20N2O/c1-10-6-11(2)12(3)13(7-10)17-9-14(4,8-15)16-5/h6-7,16H,9H2,1-5H3. The van der Waals surface area contributed by atoms with Crippen LogP contribution in [-0.4, -0.2) is 19.2 Å². The molecule has 3 heteroatoms. The summed E-state index contributed by atoms with van der Waals surface area (Å²) in [5.74, 6) is 0.860. The maximum atomic E-state index is 9.05. The van der Waals surface area contributed by atoms with E-state index in [0.29, 0.717) is 6.61 Å². The van der Waals surface area contributed by atoms with E-state index in [4.69, 9.17) is 10.00 Å². The van der Waals surface area contributed by atoms with Gasteiger partial charge in [-0.15, -0.1) is 0 Å². The summed E-state index contributed by atoms with van der Waals surface area (Å²) in [6, 6.07) is 6.35. The van der Waals surface area contributed by atoms with E-state index in [1.807, 2.05) is 26.8 Å². The van der Waals surface area contributed by atoms with Crippen LogP contribution in [0, 0.1) is 32.1 Å². The Labute approximate surface area is 103 Å². The lowest BCUT2D eigenvalue weighted by Crippen LogP contribution is -2.43. The molecule has 0 aliphatic carbocycles. The molecule has 0 radical (unpaired) electrons. The van der Waals surface area contributed by atoms with Crippen LogP contribution in [0.15, 0.2) is 12.1 Å². The quantitative estimate of drug-likeness (QED) is 0.867. The van der Waals surface area contributed by atoms with Crippen LogP contribution in [0.4, 0.5) is 0 Å². The van der Waals surface area contributed by atoms with Gasteiger partial charge in [0.15, 0.2) is 0 Å². The summed E-state index contributed by atoms with van der Waals surface area (Å²) in [5, 5.41) is 12.0. The van der Waals surface area contributed by atoms with Gasteiger partial charge in [0.25, 0.3) is 0 Å². The summed E-state index contributed by atoms with van der Waals surface area (Å²) in [7, 11) is 1.76. The highest BCUT2D eigenvalue weighted by Gasteiger charge is 2.22. The molecule has 0 spiro atoms. The van der Waals surface area contributed by atoms with Crippen LogP contribution < -0.4 is 10.1 Å². The first-order valence-corrected chi connectivity index (χ1v) is 5.72. The fourth-order valence-corrected chi connectivity index (χ4v) is 1.53. The van der Waals surface area contributed by atoms with Gasteiger partial charge in [0.1, 0.15) is 17.9 Å². The smallest absolute Gasteiger partial charge is 0.137 e. The Morgan fingerprint density at radius 1 is 1.35 bits per heavy atom. The predicted octanol–water partition coefficient (Wildman–Crippen LogP) is 2.49. The van der Waals surface area contributed by atoms with Crippen molar-refractivity contribution < 1.29 is 4.74 Å². The van der Waals surface area contributed by atoms with E-state index in [0.717, 1.165) is 11.3 Å². The van der Waals surface area contributed by atoms with Crippen LogP contribution in [0.25, 0.3) is 0 Å². The number of likely N-dealkylation sites (N-methyl/N-ethyl adjacent to an activating group) is 1. The van der Waals surface area contributed by atoms with Crippen molar-refractivity contribution in [1.29, 1.82) is 5.26 Å². The molecule has 1 aromatic carbocycles. The molecule has 0 aromatic heterocycles. The lowest BCUT2D eigenvalue weighted by atomic mass is 10.0. The van der Waals surface area contributed by atoms with Gasteiger partial charge in [-0.25, -0.2) is 0 Å². The summed E-state index contributed by atoms with van der Waals surface area (Å²) in [6.07, 6.45) is 0. The summed E-state index contributed by atoms with van der Waals surface area (Å²) in [6.45, 7) is 8.31. The molecule has 92 valence electrons. The van der Waals surface area contributed by atoms with E-state index >= 15 is 0 Å². The van der Waals surface area contributed by atoms with E-state index in [9.17, 15) is 0 Å². The molecule has 1 unspecified atom stereocenters. The molecule has 0 aliphatic rings. The van der Waals surface area contributed by atoms with E-state index in [2.05, 4.69) is 24.4 Å². The Bertz CT molecular complexity index is 448. The third-order valence-electron chi connectivity index (χ3n) is 3.08. The minimum absolute atomic E-state index is 0.337. The minimum atomic E-state index is -0.649. The van der Waals surface area contributed by atoms with Crippen molar-refractivity contribution in [3.05, 3.63) is 28.8 Å². The molecule has 1 N–H and O–H groups in total. The first kappa shape index (κ1) is 13.5. The fraction of sp³-hybridized carbons (Fsp3) is 0.500. The second kappa shape index (κ2) is 5.20. The number of nitriles is 1. The molecule has 1 atom stereocenters. The first-order valence-electron chi connectivity index (χ1n) is 5.72. The van der Waals surface area contributed by atoms with Crippen LogP contribution in [0.3, 0.4) is 0 Å². The van der Waals surface area contributed by atoms with Crippen molar-refractivity contribution in [1.82, 2.24) is 5.32 Å². The second-order valence-electron chi connectivity index (χ2n) is 4.69. The van der Waals surface area contributed by atoms with Gasteiger partial charge in [-0.1, -0.05) is 6.07 Å². The first-order chi connectivity index (χ1) is 7.91. The summed E-state index contributed by atoms with van der Waals surface area (Å²) in [4.78, 5) is 0. The van der Waals surface area contributed by atoms with Crippen molar-refractivity contribution in [3.8, 4) is 11.8 Å². The van der Waals surface area contributed by atoms with E-state index in [1.165, 1.54) is 11.1 Å². The van der Waals surface area contributed by atoms with E-state index in [1.54, 1.807) is 7.05 Å². The molecule has 1 aromatic rings. The normalized spacial score (nSPS) is 13.9. The van der Waals surface area contributed by atoms with Crippen LogP contribution in [0.5, 0.6) is 5.75 Å². The van der Waals surface area contributed by atoms with E-state index < -0.39 is 5.54 Å². The molecule has 0 bridgehead atoms. The topological polar surface area (TPSA) is 45.0 Å². The van der Waals surface area contributed by atoms with Gasteiger partial charge >= 0.3 is 0 Å². The third-order valence-corrected chi connectivity index (χ3v) is 3.08. The number of rotatable bonds is 4. The van der Waals surface area contributed by atoms with Crippen molar-refractivity contribution in [2.45, 2.75) is 33.2 Å². The highest BCUT2D eigenvalue weighted by Crippen LogP contribution is 2.24. The van der Waals surface area contributed by atoms with Gasteiger partial charge in [0, 0.05) is 0 Å². The molecule has 1 rings (SSSR count). The van der Waals surface area contributed by atoms with E-state index in [-0.39, 0.29) is 0 Å². The Morgan fingerprint density at radius 3 is 2.53 bits per heavy atom. The molecular formula is C14H20N2O. The Hall–Kier alpha value is -1.53. The second-order valence-corrected chi connectivity index (χ2v) is 4.69. The monoisotopic (exact) mass is 232 g/mol. The summed E-state index contributed by atoms with van der Waals surface area (Å²) in [5.41, 5.74) is 2.87. The Kier molecular flexibility index (Phi) is 4.14. The van der Waals surface area contributed by atoms with Gasteiger partial charge in [-0.3, -0.25) is 5.32 Å². The lowest BCUT2D eigenvalue weighted by Gasteiger charge is -2.22. The maximum absolute atomic E-state index is 9.05. The number of nitrogens with one attached hydrogen (secondary N) is 1. The maximum Gasteiger partial charge on any atom is 0.137 e. The fourth-order valence-electron chi connectivity index (χ4n) is 1.53. The van der Waals surface area contributed by atoms with Crippen LogP contribution in [0.2, 0.25) is 0 Å². The SMILES string of the molecule is CNC(C)(C#N)COc1cc(C)cc(C)c1C. The molecule has 3 nitrogen and oxygen atoms in total. The average Bonchev–Trinajstić information content (AvgIpc) is 2.31. The molecule has 0 saturated carbocycles. The number of hydrogen-bond acceptors (Lipinski definition) is 3. The number of hydrogen-bond donors (Lipinski definition) is 1. The van der Waals surface area contributed by atoms with Gasteiger partial charge in [0.2, 0.25) is 0 Å². The highest BCUT2D eigenvalue weighted by molar-refractivity contribution is 5.42. The summed E-state index contributed by atoms with van der Waals surface area (Å²) < 4.78 is 5.76. The number of ether oxygens (including phenoxy) is 1. The van der Waals surface area contributed by atoms with Gasteiger partial charge in [-0.05, 0) is 57.5 Å². The molecule has 0 heterocycles. The Balaban J connectivity index is 2.87. The van der Waals surface area contributed by atoms with Gasteiger partial charge < -0.3 is 4.74 Å².